The summed E-state index contributed by atoms with van der Waals surface area (Å²) in [5, 5.41) is 12.5. The summed E-state index contributed by atoms with van der Waals surface area (Å²) < 4.78 is 5.10. The molecule has 12 nitrogen and oxygen atoms in total. The monoisotopic (exact) mass is 1850 g/mol. The topological polar surface area (TPSA) is 116 Å². The van der Waals surface area contributed by atoms with Gasteiger partial charge in [0.05, 0.1) is 101 Å². The van der Waals surface area contributed by atoms with E-state index in [1.54, 1.807) is 0 Å². The third-order valence-corrected chi connectivity index (χ3v) is 35.2. The average Bonchev–Trinajstić information content (AvgIpc) is 0.852. The minimum Gasteiger partial charge on any atom is -0.356 e. The number of hydrogen-bond acceptors (Lipinski definition) is 8. The van der Waals surface area contributed by atoms with Crippen LogP contribution < -0.4 is 21.3 Å². The maximum absolute atomic E-state index is 12.2. The van der Waals surface area contributed by atoms with Gasteiger partial charge in [0, 0.05) is 74.9 Å². The Morgan fingerprint density at radius 1 is 0.175 bits per heavy atom. The smallest absolute Gasteiger partial charge is 0.219 e. The first-order chi connectivity index (χ1) is 60.8. The van der Waals surface area contributed by atoms with E-state index in [2.05, 4.69) is 160 Å². The molecule has 0 aromatic carbocycles. The van der Waals surface area contributed by atoms with Crippen LogP contribution in [0.4, 0.5) is 0 Å². The van der Waals surface area contributed by atoms with Crippen molar-refractivity contribution in [1.29, 1.82) is 0 Å². The zero-order valence-electron chi connectivity index (χ0n) is 88.8. The van der Waals surface area contributed by atoms with E-state index < -0.39 is 0 Å². The van der Waals surface area contributed by atoms with Crippen LogP contribution >= 0.6 is 43.2 Å². The van der Waals surface area contributed by atoms with E-state index in [1.807, 2.05) is 43.2 Å². The fourth-order valence-corrected chi connectivity index (χ4v) is 25.4. The molecule has 0 aliphatic carbocycles. The molecule has 4 amide bonds. The summed E-state index contributed by atoms with van der Waals surface area (Å²) >= 11 is 0. The van der Waals surface area contributed by atoms with Crippen molar-refractivity contribution in [2.75, 3.05) is 102 Å². The molecule has 0 aromatic heterocycles. The number of unbranched alkanes of at least 4 members (excludes halogenated alkanes) is 50. The van der Waals surface area contributed by atoms with Crippen LogP contribution in [-0.2, 0) is 19.2 Å². The molecule has 752 valence electrons. The van der Waals surface area contributed by atoms with E-state index >= 15 is 0 Å². The SMILES string of the molecule is CC[N+](CCCCCCCCCCCCCCCC(=O)NCCCCSSCCCCNC(=O)CCCCCCCCCCCCCCC[N+](CC)(C(C)C)C(C)C)(C(C)C)C(C)C.CC[N+](CCCCCCCCCCCCCCCC(=O)NCCCSSCCCNC(=O)CCCCCCCCCCCCCCC[N+](CC)(C(C)C)C(C)C)(C(C)C)C(C)C. The molecule has 0 rings (SSSR count). The Morgan fingerprint density at radius 3 is 0.444 bits per heavy atom. The normalized spacial score (nSPS) is 12.4. The summed E-state index contributed by atoms with van der Waals surface area (Å²) in [4.78, 5) is 48.9. The number of carbonyl (C=O) groups excluding carboxylic acids is 4. The van der Waals surface area contributed by atoms with Crippen molar-refractivity contribution in [3.63, 3.8) is 0 Å². The number of rotatable bonds is 96. The molecule has 0 aromatic rings. The van der Waals surface area contributed by atoms with Gasteiger partial charge in [0.1, 0.15) is 0 Å². The molecule has 0 saturated heterocycles. The van der Waals surface area contributed by atoms with Crippen molar-refractivity contribution < 1.29 is 37.1 Å². The van der Waals surface area contributed by atoms with Gasteiger partial charge >= 0.3 is 0 Å². The van der Waals surface area contributed by atoms with Gasteiger partial charge in [-0.25, -0.2) is 0 Å². The maximum atomic E-state index is 12.2. The lowest BCUT2D eigenvalue weighted by molar-refractivity contribution is -0.965. The fraction of sp³-hybridized carbons (Fsp3) is 0.964. The lowest BCUT2D eigenvalue weighted by Crippen LogP contribution is -2.58. The maximum Gasteiger partial charge on any atom is 0.219 e. The highest BCUT2D eigenvalue weighted by Crippen LogP contribution is 2.29. The van der Waals surface area contributed by atoms with Gasteiger partial charge in [-0.2, -0.15) is 0 Å². The van der Waals surface area contributed by atoms with Gasteiger partial charge in [-0.15, -0.1) is 0 Å². The average molecular weight is 1860 g/mol. The largest absolute Gasteiger partial charge is 0.356 e. The van der Waals surface area contributed by atoms with Gasteiger partial charge in [-0.1, -0.05) is 300 Å². The van der Waals surface area contributed by atoms with Crippen molar-refractivity contribution >= 4 is 66.8 Å². The number of amides is 4. The molecule has 0 bridgehead atoms. The molecule has 4 N–H and O–H groups in total. The van der Waals surface area contributed by atoms with E-state index in [1.165, 1.54) is 378 Å². The zero-order valence-corrected chi connectivity index (χ0v) is 92.1. The van der Waals surface area contributed by atoms with Gasteiger partial charge in [0.2, 0.25) is 23.6 Å². The van der Waals surface area contributed by atoms with Crippen LogP contribution in [0.5, 0.6) is 0 Å². The third-order valence-electron chi connectivity index (χ3n) is 30.1. The van der Waals surface area contributed by atoms with Crippen molar-refractivity contribution in [2.45, 2.75) is 585 Å². The highest BCUT2D eigenvalue weighted by molar-refractivity contribution is 8.77. The Hall–Kier alpha value is -0.880. The van der Waals surface area contributed by atoms with E-state index in [4.69, 9.17) is 0 Å². The predicted molar refractivity (Wildman–Crippen MR) is 572 cm³/mol. The van der Waals surface area contributed by atoms with Gasteiger partial charge < -0.3 is 39.2 Å². The molecule has 126 heavy (non-hydrogen) atoms. The van der Waals surface area contributed by atoms with Crippen molar-refractivity contribution in [3.05, 3.63) is 0 Å². The van der Waals surface area contributed by atoms with E-state index in [0.717, 1.165) is 162 Å². The van der Waals surface area contributed by atoms with E-state index in [9.17, 15) is 19.2 Å². The first kappa shape index (κ1) is 127. The van der Waals surface area contributed by atoms with Gasteiger partial charge in [-0.3, -0.25) is 19.2 Å². The summed E-state index contributed by atoms with van der Waals surface area (Å²) in [5.41, 5.74) is 0. The first-order valence-corrected chi connectivity index (χ1v) is 60.8. The second-order valence-corrected chi connectivity index (χ2v) is 46.9. The highest BCUT2D eigenvalue weighted by Gasteiger charge is 2.36. The van der Waals surface area contributed by atoms with Crippen molar-refractivity contribution in [2.24, 2.45) is 0 Å². The van der Waals surface area contributed by atoms with Crippen LogP contribution in [0, 0.1) is 0 Å². The van der Waals surface area contributed by atoms with Crippen LogP contribution in [0.15, 0.2) is 0 Å². The van der Waals surface area contributed by atoms with Crippen LogP contribution in [0.2, 0.25) is 0 Å². The van der Waals surface area contributed by atoms with E-state index in [0.29, 0.717) is 25.7 Å². The van der Waals surface area contributed by atoms with Crippen molar-refractivity contribution in [3.8, 4) is 0 Å². The summed E-state index contributed by atoms with van der Waals surface area (Å²) in [7, 11) is 7.69. The lowest BCUT2D eigenvalue weighted by atomic mass is 10.0. The number of nitrogens with zero attached hydrogens (tertiary/aromatic N) is 4. The molecular formula is C110H228N8O4S4+4. The molecular weight excluding hydrogens is 1630 g/mol. The molecule has 0 fully saturated rings. The molecule has 0 heterocycles. The lowest BCUT2D eigenvalue weighted by Gasteiger charge is -2.45. The molecule has 16 heteroatoms. The van der Waals surface area contributed by atoms with Crippen LogP contribution in [0.1, 0.15) is 537 Å². The van der Waals surface area contributed by atoms with Gasteiger partial charge in [0.25, 0.3) is 0 Å². The molecule has 0 aliphatic rings. The Kier molecular flexibility index (Phi) is 90.2. The number of quaternary nitrogens is 4. The minimum absolute atomic E-state index is 0.223. The van der Waals surface area contributed by atoms with Crippen molar-refractivity contribution in [1.82, 2.24) is 21.3 Å². The Bertz CT molecular complexity index is 2170. The summed E-state index contributed by atoms with van der Waals surface area (Å²) in [6, 6.07) is 5.79. The Balaban J connectivity index is 0. The Morgan fingerprint density at radius 2 is 0.302 bits per heavy atom. The zero-order chi connectivity index (χ0) is 93.7. The fourth-order valence-electron chi connectivity index (χ4n) is 20.9. The van der Waals surface area contributed by atoms with Gasteiger partial charge in [0.15, 0.2) is 0 Å². The highest BCUT2D eigenvalue weighted by atomic mass is 33.1. The number of carbonyl (C=O) groups is 4. The van der Waals surface area contributed by atoms with E-state index in [-0.39, 0.29) is 23.6 Å². The number of nitrogens with one attached hydrogen (secondary N) is 4. The van der Waals surface area contributed by atoms with Gasteiger partial charge in [-0.05, 0) is 254 Å². The molecule has 0 aliphatic heterocycles. The molecule has 0 unspecified atom stereocenters. The molecule has 0 spiro atoms. The first-order valence-electron chi connectivity index (χ1n) is 55.8. The predicted octanol–water partition coefficient (Wildman–Crippen LogP) is 32.0. The minimum atomic E-state index is 0.223. The second-order valence-electron chi connectivity index (χ2n) is 41.5. The molecule has 0 saturated carbocycles. The summed E-state index contributed by atoms with van der Waals surface area (Å²) in [5.74, 6) is 5.33. The van der Waals surface area contributed by atoms with Crippen LogP contribution in [0.3, 0.4) is 0 Å². The molecule has 0 atom stereocenters. The summed E-state index contributed by atoms with van der Waals surface area (Å²) in [6.45, 7) is 61.6. The second kappa shape index (κ2) is 89.3. The Labute approximate surface area is 806 Å². The third kappa shape index (κ3) is 69.0. The molecule has 0 radical (unpaired) electrons. The standard InChI is InChI=1S/C56H114N4O2S2.C54H110N4O2S2/c1-11-59(51(3)4,52(5)6)47-39-33-29-25-21-17-13-15-19-23-27-31-35-43-55(61)57-45-37-41-49-63-64-50-42-38-46-58-56(62)44-36-32-28-24-20-16-14-18-22-26-30-34-40-48-60(12-2,53(7)8)54(9)10;1-11-57(49(3)4,50(5)6)45-37-33-29-25-21-17-13-15-19-23-27-31-35-41-53(59)55-43-39-47-61-62-48-40-44-56-54(60)42-36-32-28-24-20-16-14-18-22-26-30-34-38-46-58(12-2,51(7)8)52(9)10/h51-54H,11-50H2,1-10H3;49-52H,11-48H2,1-10H3/p+4. The summed E-state index contributed by atoms with van der Waals surface area (Å²) in [6.07, 6.45) is 78.8. The number of hydrogen-bond donors (Lipinski definition) is 4. The van der Waals surface area contributed by atoms with Crippen LogP contribution in [0.25, 0.3) is 0 Å². The quantitative estimate of drug-likeness (QED) is 0.0270. The van der Waals surface area contributed by atoms with Crippen LogP contribution in [-0.4, -0.2) is 191 Å².